The van der Waals surface area contributed by atoms with Crippen molar-refractivity contribution in [2.24, 2.45) is 0 Å². The van der Waals surface area contributed by atoms with Crippen LogP contribution in [-0.2, 0) is 19.7 Å². The molecule has 30 heavy (non-hydrogen) atoms. The molecule has 10 heteroatoms. The maximum Gasteiger partial charge on any atom is 0.198 e. The lowest BCUT2D eigenvalue weighted by atomic mass is 9.81. The van der Waals surface area contributed by atoms with Gasteiger partial charge in [0.1, 0.15) is 11.5 Å². The molecule has 1 aliphatic rings. The number of hydrogen-bond donors (Lipinski definition) is 2. The standard InChI is InChI=1S/C20H14O8S2/c1-29(25,26)13-7-11-12(8-14(13)30(2,27)28)20(24)16-15(19(11)23)17(21)9-5-3-4-6-10(9)18(16)22/h3-8,23-24H,1-2H3. The second kappa shape index (κ2) is 6.13. The van der Waals surface area contributed by atoms with E-state index in [0.29, 0.717) is 0 Å². The minimum Gasteiger partial charge on any atom is -0.506 e. The number of aromatic hydroxyl groups is 2. The first-order valence-corrected chi connectivity index (χ1v) is 12.3. The minimum atomic E-state index is -4.06. The molecule has 0 aromatic heterocycles. The zero-order chi connectivity index (χ0) is 22.2. The molecule has 1 aliphatic carbocycles. The second-order valence-electron chi connectivity index (χ2n) is 7.04. The summed E-state index contributed by atoms with van der Waals surface area (Å²) in [6.07, 6.45) is 1.59. The van der Waals surface area contributed by atoms with Crippen molar-refractivity contribution in [1.29, 1.82) is 0 Å². The predicted octanol–water partition coefficient (Wildman–Crippen LogP) is 1.83. The maximum atomic E-state index is 12.9. The van der Waals surface area contributed by atoms with Gasteiger partial charge in [0.15, 0.2) is 31.2 Å². The van der Waals surface area contributed by atoms with Crippen LogP contribution in [0.2, 0.25) is 0 Å². The number of hydrogen-bond acceptors (Lipinski definition) is 8. The van der Waals surface area contributed by atoms with Gasteiger partial charge in [-0.15, -0.1) is 0 Å². The highest BCUT2D eigenvalue weighted by atomic mass is 32.2. The number of benzene rings is 3. The van der Waals surface area contributed by atoms with E-state index in [1.54, 1.807) is 0 Å². The van der Waals surface area contributed by atoms with Crippen LogP contribution in [-0.4, -0.2) is 51.1 Å². The van der Waals surface area contributed by atoms with Crippen molar-refractivity contribution < 1.29 is 36.6 Å². The average Bonchev–Trinajstić information content (AvgIpc) is 2.66. The Hall–Kier alpha value is -3.24. The highest BCUT2D eigenvalue weighted by Gasteiger charge is 2.37. The van der Waals surface area contributed by atoms with Crippen LogP contribution in [0.1, 0.15) is 31.8 Å². The fraction of sp³-hybridized carbons (Fsp3) is 0.100. The van der Waals surface area contributed by atoms with Crippen molar-refractivity contribution in [2.75, 3.05) is 12.5 Å². The van der Waals surface area contributed by atoms with Crippen LogP contribution in [0.25, 0.3) is 10.8 Å². The fourth-order valence-corrected chi connectivity index (χ4v) is 6.05. The minimum absolute atomic E-state index is 0.0279. The van der Waals surface area contributed by atoms with Crippen molar-refractivity contribution in [3.05, 3.63) is 58.7 Å². The third kappa shape index (κ3) is 2.71. The Morgan fingerprint density at radius 2 is 1.00 bits per heavy atom. The van der Waals surface area contributed by atoms with E-state index in [4.69, 9.17) is 0 Å². The van der Waals surface area contributed by atoms with Gasteiger partial charge in [0.2, 0.25) is 0 Å². The highest BCUT2D eigenvalue weighted by molar-refractivity contribution is 7.93. The van der Waals surface area contributed by atoms with Gasteiger partial charge in [-0.3, -0.25) is 9.59 Å². The molecule has 0 bridgehead atoms. The summed E-state index contributed by atoms with van der Waals surface area (Å²) in [5.41, 5.74) is -0.870. The molecule has 3 aromatic rings. The van der Waals surface area contributed by atoms with Gasteiger partial charge in [0, 0.05) is 34.4 Å². The molecule has 0 heterocycles. The summed E-state index contributed by atoms with van der Waals surface area (Å²) in [5.74, 6) is -2.86. The number of fused-ring (bicyclic) bond motifs is 3. The van der Waals surface area contributed by atoms with Crippen LogP contribution in [0, 0.1) is 0 Å². The number of sulfone groups is 2. The number of ketones is 2. The first kappa shape index (κ1) is 20.0. The van der Waals surface area contributed by atoms with E-state index in [1.165, 1.54) is 24.3 Å². The van der Waals surface area contributed by atoms with Crippen LogP contribution in [0.5, 0.6) is 11.5 Å². The highest BCUT2D eigenvalue weighted by Crippen LogP contribution is 2.46. The molecule has 154 valence electrons. The summed E-state index contributed by atoms with van der Waals surface area (Å²) in [6, 6.07) is 7.63. The molecule has 0 fully saturated rings. The monoisotopic (exact) mass is 446 g/mol. The molecule has 0 spiro atoms. The number of carbonyl (C=O) groups is 2. The molecule has 8 nitrogen and oxygen atoms in total. The normalized spacial score (nSPS) is 13.9. The van der Waals surface area contributed by atoms with Crippen molar-refractivity contribution in [3.63, 3.8) is 0 Å². The lowest BCUT2D eigenvalue weighted by Gasteiger charge is -2.21. The maximum absolute atomic E-state index is 12.9. The van der Waals surface area contributed by atoms with Crippen LogP contribution in [0.15, 0.2) is 46.2 Å². The molecular weight excluding hydrogens is 432 g/mol. The lowest BCUT2D eigenvalue weighted by molar-refractivity contribution is 0.0974. The predicted molar refractivity (Wildman–Crippen MR) is 107 cm³/mol. The Balaban J connectivity index is 2.22. The molecular formula is C20H14O8S2. The Kier molecular flexibility index (Phi) is 4.10. The molecule has 3 aromatic carbocycles. The van der Waals surface area contributed by atoms with Crippen molar-refractivity contribution in [2.45, 2.75) is 9.79 Å². The quantitative estimate of drug-likeness (QED) is 0.444. The average molecular weight is 446 g/mol. The SMILES string of the molecule is CS(=O)(=O)c1cc2c(O)c3c(c(O)c2cc1S(C)(=O)=O)C(=O)c1ccccc1C3=O. The Labute approximate surface area is 171 Å². The summed E-state index contributed by atoms with van der Waals surface area (Å²) in [5, 5.41) is 21.0. The van der Waals surface area contributed by atoms with Crippen molar-refractivity contribution in [3.8, 4) is 11.5 Å². The summed E-state index contributed by atoms with van der Waals surface area (Å²) < 4.78 is 48.7. The van der Waals surface area contributed by atoms with Gasteiger partial charge in [-0.2, -0.15) is 0 Å². The number of phenolic OH excluding ortho intramolecular Hbond substituents is 2. The van der Waals surface area contributed by atoms with Crippen LogP contribution >= 0.6 is 0 Å². The molecule has 0 aliphatic heterocycles. The van der Waals surface area contributed by atoms with E-state index < -0.39 is 63.7 Å². The molecule has 0 atom stereocenters. The van der Waals surface area contributed by atoms with Gasteiger partial charge >= 0.3 is 0 Å². The zero-order valence-corrected chi connectivity index (χ0v) is 17.3. The van der Waals surface area contributed by atoms with E-state index in [9.17, 15) is 36.6 Å². The first-order valence-electron chi connectivity index (χ1n) is 8.48. The summed E-state index contributed by atoms with van der Waals surface area (Å²) in [4.78, 5) is 24.7. The molecule has 0 amide bonds. The van der Waals surface area contributed by atoms with Gasteiger partial charge in [-0.1, -0.05) is 24.3 Å². The summed E-state index contributed by atoms with van der Waals surface area (Å²) in [6.45, 7) is 0. The van der Waals surface area contributed by atoms with Gasteiger partial charge in [0.25, 0.3) is 0 Å². The van der Waals surface area contributed by atoms with Gasteiger partial charge in [-0.25, -0.2) is 16.8 Å². The first-order chi connectivity index (χ1) is 13.8. The molecule has 4 rings (SSSR count). The van der Waals surface area contributed by atoms with Crippen molar-refractivity contribution in [1.82, 2.24) is 0 Å². The van der Waals surface area contributed by atoms with Crippen LogP contribution in [0.3, 0.4) is 0 Å². The molecule has 2 N–H and O–H groups in total. The van der Waals surface area contributed by atoms with Gasteiger partial charge in [0.05, 0.1) is 20.9 Å². The summed E-state index contributed by atoms with van der Waals surface area (Å²) in [7, 11) is -8.11. The molecule has 0 saturated heterocycles. The van der Waals surface area contributed by atoms with E-state index >= 15 is 0 Å². The lowest BCUT2D eigenvalue weighted by Crippen LogP contribution is -2.21. The number of carbonyl (C=O) groups excluding carboxylic acids is 2. The Morgan fingerprint density at radius 1 is 0.667 bits per heavy atom. The largest absolute Gasteiger partial charge is 0.506 e. The third-order valence-corrected chi connectivity index (χ3v) is 7.39. The second-order valence-corrected chi connectivity index (χ2v) is 11.0. The Morgan fingerprint density at radius 3 is 1.30 bits per heavy atom. The van der Waals surface area contributed by atoms with E-state index in [0.717, 1.165) is 24.6 Å². The molecule has 0 radical (unpaired) electrons. The van der Waals surface area contributed by atoms with Crippen LogP contribution in [0.4, 0.5) is 0 Å². The van der Waals surface area contributed by atoms with Gasteiger partial charge in [-0.05, 0) is 12.1 Å². The van der Waals surface area contributed by atoms with E-state index in [-0.39, 0.29) is 21.9 Å². The van der Waals surface area contributed by atoms with Crippen molar-refractivity contribution >= 4 is 42.0 Å². The zero-order valence-electron chi connectivity index (χ0n) is 15.6. The van der Waals surface area contributed by atoms with Crippen LogP contribution < -0.4 is 0 Å². The van der Waals surface area contributed by atoms with Gasteiger partial charge < -0.3 is 10.2 Å². The number of phenols is 2. The third-order valence-electron chi connectivity index (χ3n) is 4.99. The summed E-state index contributed by atoms with van der Waals surface area (Å²) >= 11 is 0. The Bertz CT molecular complexity index is 1420. The van der Waals surface area contributed by atoms with E-state index in [1.807, 2.05) is 0 Å². The number of rotatable bonds is 2. The smallest absolute Gasteiger partial charge is 0.198 e. The fourth-order valence-electron chi connectivity index (χ4n) is 3.63. The molecule has 0 saturated carbocycles. The van der Waals surface area contributed by atoms with E-state index in [2.05, 4.69) is 0 Å². The molecule has 0 unspecified atom stereocenters. The topological polar surface area (TPSA) is 143 Å².